The first-order valence-corrected chi connectivity index (χ1v) is 5.97. The standard InChI is InChI=1S/C11H12O4S/c1-3-4-7-15-16(13,14)11-6-5-9(2)8-10(11)12/h5-6,8,12H,7H2,1-2H3. The minimum Gasteiger partial charge on any atom is -0.506 e. The molecule has 0 atom stereocenters. The van der Waals surface area contributed by atoms with Gasteiger partial charge in [0, 0.05) is 0 Å². The summed E-state index contributed by atoms with van der Waals surface area (Å²) in [4.78, 5) is -0.240. The molecule has 0 bridgehead atoms. The molecule has 0 aliphatic rings. The predicted molar refractivity (Wildman–Crippen MR) is 59.4 cm³/mol. The number of hydrogen-bond acceptors (Lipinski definition) is 4. The predicted octanol–water partition coefficient (Wildman–Crippen LogP) is 1.43. The average molecular weight is 240 g/mol. The van der Waals surface area contributed by atoms with Gasteiger partial charge in [-0.15, -0.1) is 5.92 Å². The summed E-state index contributed by atoms with van der Waals surface area (Å²) in [5.74, 6) is 4.67. The molecule has 0 aromatic heterocycles. The minimum absolute atomic E-state index is 0.216. The Bertz CT molecular complexity index is 535. The molecule has 0 spiro atoms. The van der Waals surface area contributed by atoms with Crippen molar-refractivity contribution < 1.29 is 17.7 Å². The van der Waals surface area contributed by atoms with Crippen LogP contribution in [-0.4, -0.2) is 20.1 Å². The highest BCUT2D eigenvalue weighted by atomic mass is 32.2. The molecule has 0 aliphatic heterocycles. The third-order valence-corrected chi connectivity index (χ3v) is 3.16. The van der Waals surface area contributed by atoms with Crippen LogP contribution < -0.4 is 0 Å². The van der Waals surface area contributed by atoms with Crippen LogP contribution >= 0.6 is 0 Å². The van der Waals surface area contributed by atoms with Crippen LogP contribution in [0.1, 0.15) is 12.5 Å². The van der Waals surface area contributed by atoms with Crippen LogP contribution in [0.4, 0.5) is 0 Å². The number of phenolic OH excluding ortho intramolecular Hbond substituents is 1. The Morgan fingerprint density at radius 3 is 2.69 bits per heavy atom. The Morgan fingerprint density at radius 2 is 2.12 bits per heavy atom. The van der Waals surface area contributed by atoms with Gasteiger partial charge in [-0.25, -0.2) is 0 Å². The summed E-state index contributed by atoms with van der Waals surface area (Å²) in [7, 11) is -3.93. The second kappa shape index (κ2) is 5.01. The molecule has 0 radical (unpaired) electrons. The van der Waals surface area contributed by atoms with Gasteiger partial charge in [-0.3, -0.25) is 4.18 Å². The number of benzene rings is 1. The molecule has 0 aliphatic carbocycles. The smallest absolute Gasteiger partial charge is 0.301 e. The van der Waals surface area contributed by atoms with Crippen molar-refractivity contribution in [1.82, 2.24) is 0 Å². The lowest BCUT2D eigenvalue weighted by molar-refractivity contribution is 0.358. The van der Waals surface area contributed by atoms with E-state index in [0.29, 0.717) is 0 Å². The Kier molecular flexibility index (Phi) is 3.93. The molecule has 1 rings (SSSR count). The maximum atomic E-state index is 11.6. The van der Waals surface area contributed by atoms with E-state index < -0.39 is 10.1 Å². The lowest BCUT2D eigenvalue weighted by Gasteiger charge is -2.05. The topological polar surface area (TPSA) is 63.6 Å². The van der Waals surface area contributed by atoms with E-state index in [2.05, 4.69) is 16.0 Å². The van der Waals surface area contributed by atoms with E-state index in [9.17, 15) is 13.5 Å². The number of rotatable bonds is 3. The van der Waals surface area contributed by atoms with Crippen molar-refractivity contribution in [3.8, 4) is 17.6 Å². The van der Waals surface area contributed by atoms with Gasteiger partial charge in [0.15, 0.2) is 0 Å². The molecule has 1 aromatic rings. The molecule has 86 valence electrons. The first-order chi connectivity index (χ1) is 7.47. The van der Waals surface area contributed by atoms with Crippen molar-refractivity contribution in [2.45, 2.75) is 18.7 Å². The Balaban J connectivity index is 3.01. The number of hydrogen-bond donors (Lipinski definition) is 1. The molecule has 0 fully saturated rings. The Morgan fingerprint density at radius 1 is 1.44 bits per heavy atom. The van der Waals surface area contributed by atoms with Gasteiger partial charge in [-0.2, -0.15) is 8.42 Å². The Labute approximate surface area is 95.0 Å². The quantitative estimate of drug-likeness (QED) is 0.641. The summed E-state index contributed by atoms with van der Waals surface area (Å²) in [6, 6.07) is 4.25. The molecule has 0 unspecified atom stereocenters. The largest absolute Gasteiger partial charge is 0.506 e. The monoisotopic (exact) mass is 240 g/mol. The van der Waals surface area contributed by atoms with E-state index >= 15 is 0 Å². The summed E-state index contributed by atoms with van der Waals surface area (Å²) < 4.78 is 27.8. The van der Waals surface area contributed by atoms with Crippen LogP contribution in [-0.2, 0) is 14.3 Å². The van der Waals surface area contributed by atoms with Crippen molar-refractivity contribution in [2.75, 3.05) is 6.61 Å². The van der Waals surface area contributed by atoms with Crippen molar-refractivity contribution in [3.05, 3.63) is 23.8 Å². The fourth-order valence-electron chi connectivity index (χ4n) is 1.08. The number of phenols is 1. The zero-order valence-corrected chi connectivity index (χ0v) is 9.84. The number of aryl methyl sites for hydroxylation is 1. The van der Waals surface area contributed by atoms with Gasteiger partial charge < -0.3 is 5.11 Å². The van der Waals surface area contributed by atoms with Gasteiger partial charge in [0.05, 0.1) is 0 Å². The van der Waals surface area contributed by atoms with Crippen LogP contribution in [0.15, 0.2) is 23.1 Å². The van der Waals surface area contributed by atoms with Crippen molar-refractivity contribution >= 4 is 10.1 Å². The summed E-state index contributed by atoms with van der Waals surface area (Å²) in [5, 5.41) is 9.49. The molecule has 4 nitrogen and oxygen atoms in total. The molecular formula is C11H12O4S. The van der Waals surface area contributed by atoms with Crippen LogP contribution in [0.5, 0.6) is 5.75 Å². The molecule has 0 saturated carbocycles. The highest BCUT2D eigenvalue weighted by Gasteiger charge is 2.18. The first-order valence-electron chi connectivity index (χ1n) is 4.56. The van der Waals surface area contributed by atoms with Gasteiger partial charge in [-0.05, 0) is 31.5 Å². The second-order valence-corrected chi connectivity index (χ2v) is 4.70. The lowest BCUT2D eigenvalue weighted by Crippen LogP contribution is -2.07. The van der Waals surface area contributed by atoms with E-state index in [-0.39, 0.29) is 17.3 Å². The fraction of sp³-hybridized carbons (Fsp3) is 0.273. The van der Waals surface area contributed by atoms with Crippen LogP contribution in [0.25, 0.3) is 0 Å². The molecule has 0 heterocycles. The highest BCUT2D eigenvalue weighted by molar-refractivity contribution is 7.86. The summed E-state index contributed by atoms with van der Waals surface area (Å²) in [6.07, 6.45) is 0. The maximum absolute atomic E-state index is 11.6. The number of aromatic hydroxyl groups is 1. The minimum atomic E-state index is -3.93. The van der Waals surface area contributed by atoms with Gasteiger partial charge in [0.2, 0.25) is 0 Å². The first kappa shape index (κ1) is 12.6. The van der Waals surface area contributed by atoms with Crippen molar-refractivity contribution in [3.63, 3.8) is 0 Å². The van der Waals surface area contributed by atoms with Gasteiger partial charge in [0.25, 0.3) is 0 Å². The van der Waals surface area contributed by atoms with E-state index in [0.717, 1.165) is 5.56 Å². The van der Waals surface area contributed by atoms with Crippen molar-refractivity contribution in [2.24, 2.45) is 0 Å². The second-order valence-electron chi connectivity index (χ2n) is 3.11. The van der Waals surface area contributed by atoms with Crippen LogP contribution in [0.2, 0.25) is 0 Å². The van der Waals surface area contributed by atoms with E-state index in [1.165, 1.54) is 12.1 Å². The van der Waals surface area contributed by atoms with Crippen LogP contribution in [0.3, 0.4) is 0 Å². The SMILES string of the molecule is CC#CCOS(=O)(=O)c1ccc(C)cc1O. The van der Waals surface area contributed by atoms with E-state index in [4.69, 9.17) is 0 Å². The average Bonchev–Trinajstić information content (AvgIpc) is 2.17. The lowest BCUT2D eigenvalue weighted by atomic mass is 10.2. The zero-order valence-electron chi connectivity index (χ0n) is 9.02. The summed E-state index contributed by atoms with van der Waals surface area (Å²) >= 11 is 0. The highest BCUT2D eigenvalue weighted by Crippen LogP contribution is 2.24. The molecule has 1 N–H and O–H groups in total. The van der Waals surface area contributed by atoms with Gasteiger partial charge in [0.1, 0.15) is 17.3 Å². The van der Waals surface area contributed by atoms with Crippen LogP contribution in [0, 0.1) is 18.8 Å². The van der Waals surface area contributed by atoms with Crippen molar-refractivity contribution in [1.29, 1.82) is 0 Å². The maximum Gasteiger partial charge on any atom is 0.301 e. The molecule has 16 heavy (non-hydrogen) atoms. The van der Waals surface area contributed by atoms with E-state index in [1.807, 2.05) is 0 Å². The summed E-state index contributed by atoms with van der Waals surface area (Å²) in [6.45, 7) is 3.12. The molecule has 1 aromatic carbocycles. The fourth-order valence-corrected chi connectivity index (χ4v) is 1.97. The van der Waals surface area contributed by atoms with E-state index in [1.54, 1.807) is 19.9 Å². The third-order valence-electron chi connectivity index (χ3n) is 1.85. The Hall–Kier alpha value is -1.51. The summed E-state index contributed by atoms with van der Waals surface area (Å²) in [5.41, 5.74) is 0.768. The zero-order chi connectivity index (χ0) is 12.2. The molecule has 0 saturated heterocycles. The molecular weight excluding hydrogens is 228 g/mol. The molecule has 0 amide bonds. The van der Waals surface area contributed by atoms with Gasteiger partial charge in [-0.1, -0.05) is 12.0 Å². The molecule has 5 heteroatoms. The normalized spacial score (nSPS) is 10.6. The third kappa shape index (κ3) is 2.99. The van der Waals surface area contributed by atoms with Gasteiger partial charge >= 0.3 is 10.1 Å².